The standard InChI is InChI=1S/C10H22N2/c1-9(2)6-11-7-10(3,4)12(5)8-9/h11H,6-8H2,1-5H3. The first-order valence-electron chi connectivity index (χ1n) is 4.75. The maximum atomic E-state index is 3.52. The maximum absolute atomic E-state index is 3.52. The maximum Gasteiger partial charge on any atom is 0.0274 e. The minimum absolute atomic E-state index is 0.299. The fraction of sp³-hybridized carbons (Fsp3) is 1.00. The van der Waals surface area contributed by atoms with E-state index in [0.717, 1.165) is 13.1 Å². The molecule has 2 heteroatoms. The Morgan fingerprint density at radius 1 is 1.08 bits per heavy atom. The lowest BCUT2D eigenvalue weighted by Crippen LogP contribution is -2.46. The second-order valence-electron chi connectivity index (χ2n) is 5.44. The summed E-state index contributed by atoms with van der Waals surface area (Å²) in [5, 5.41) is 3.52. The lowest BCUT2D eigenvalue weighted by atomic mass is 9.92. The molecule has 0 aromatic rings. The van der Waals surface area contributed by atoms with Crippen LogP contribution in [0.25, 0.3) is 0 Å². The van der Waals surface area contributed by atoms with Crippen LogP contribution in [0.15, 0.2) is 0 Å². The van der Waals surface area contributed by atoms with Crippen LogP contribution in [0.5, 0.6) is 0 Å². The minimum atomic E-state index is 0.299. The largest absolute Gasteiger partial charge is 0.314 e. The quantitative estimate of drug-likeness (QED) is 0.590. The van der Waals surface area contributed by atoms with Crippen LogP contribution in [-0.4, -0.2) is 37.1 Å². The molecule has 1 fully saturated rings. The van der Waals surface area contributed by atoms with E-state index in [1.165, 1.54) is 6.54 Å². The van der Waals surface area contributed by atoms with Gasteiger partial charge in [-0.15, -0.1) is 0 Å². The van der Waals surface area contributed by atoms with Gasteiger partial charge >= 0.3 is 0 Å². The highest BCUT2D eigenvalue weighted by molar-refractivity contribution is 4.90. The first-order valence-corrected chi connectivity index (χ1v) is 4.75. The van der Waals surface area contributed by atoms with Crippen molar-refractivity contribution < 1.29 is 0 Å². The van der Waals surface area contributed by atoms with Crippen LogP contribution in [0.2, 0.25) is 0 Å². The van der Waals surface area contributed by atoms with E-state index in [-0.39, 0.29) is 0 Å². The van der Waals surface area contributed by atoms with Gasteiger partial charge in [0.15, 0.2) is 0 Å². The van der Waals surface area contributed by atoms with Gasteiger partial charge in [0, 0.05) is 25.2 Å². The fourth-order valence-corrected chi connectivity index (χ4v) is 1.75. The summed E-state index contributed by atoms with van der Waals surface area (Å²) in [6, 6.07) is 0. The van der Waals surface area contributed by atoms with Gasteiger partial charge in [-0.1, -0.05) is 13.8 Å². The Kier molecular flexibility index (Phi) is 2.50. The van der Waals surface area contributed by atoms with Crippen LogP contribution in [0.4, 0.5) is 0 Å². The smallest absolute Gasteiger partial charge is 0.0274 e. The average molecular weight is 170 g/mol. The molecular formula is C10H22N2. The SMILES string of the molecule is CN1CC(C)(C)CNCC1(C)C. The van der Waals surface area contributed by atoms with Crippen LogP contribution in [0, 0.1) is 5.41 Å². The lowest BCUT2D eigenvalue weighted by Gasteiger charge is -2.36. The molecule has 1 saturated heterocycles. The number of likely N-dealkylation sites (N-methyl/N-ethyl adjacent to an activating group) is 1. The summed E-state index contributed by atoms with van der Waals surface area (Å²) in [6.45, 7) is 12.6. The highest BCUT2D eigenvalue weighted by Gasteiger charge is 2.32. The van der Waals surface area contributed by atoms with E-state index < -0.39 is 0 Å². The number of rotatable bonds is 0. The Labute approximate surface area is 76.3 Å². The molecule has 1 aliphatic rings. The van der Waals surface area contributed by atoms with Crippen LogP contribution in [0.3, 0.4) is 0 Å². The molecule has 0 saturated carbocycles. The van der Waals surface area contributed by atoms with Gasteiger partial charge in [0.1, 0.15) is 0 Å². The van der Waals surface area contributed by atoms with E-state index in [2.05, 4.69) is 45.0 Å². The molecule has 0 bridgehead atoms. The molecule has 1 aliphatic heterocycles. The Morgan fingerprint density at radius 2 is 1.67 bits per heavy atom. The van der Waals surface area contributed by atoms with Crippen molar-refractivity contribution in [2.75, 3.05) is 26.7 Å². The monoisotopic (exact) mass is 170 g/mol. The molecule has 0 aromatic heterocycles. The Hall–Kier alpha value is -0.0800. The van der Waals surface area contributed by atoms with Gasteiger partial charge in [0.2, 0.25) is 0 Å². The van der Waals surface area contributed by atoms with Crippen molar-refractivity contribution in [2.45, 2.75) is 33.2 Å². The molecule has 0 aromatic carbocycles. The summed E-state index contributed by atoms with van der Waals surface area (Å²) in [7, 11) is 2.22. The first kappa shape index (κ1) is 10.0. The van der Waals surface area contributed by atoms with E-state index in [1.54, 1.807) is 0 Å². The zero-order valence-electron chi connectivity index (χ0n) is 9.07. The Morgan fingerprint density at radius 3 is 2.25 bits per heavy atom. The van der Waals surface area contributed by atoms with Crippen molar-refractivity contribution in [3.8, 4) is 0 Å². The van der Waals surface area contributed by atoms with Gasteiger partial charge in [-0.2, -0.15) is 0 Å². The second kappa shape index (κ2) is 3.00. The first-order chi connectivity index (χ1) is 5.33. The summed E-state index contributed by atoms with van der Waals surface area (Å²) in [5.41, 5.74) is 0.705. The number of nitrogens with zero attached hydrogens (tertiary/aromatic N) is 1. The molecule has 0 aliphatic carbocycles. The molecule has 72 valence electrons. The summed E-state index contributed by atoms with van der Waals surface area (Å²) in [4.78, 5) is 2.45. The molecule has 1 N–H and O–H groups in total. The molecule has 0 spiro atoms. The molecule has 0 amide bonds. The fourth-order valence-electron chi connectivity index (χ4n) is 1.75. The lowest BCUT2D eigenvalue weighted by molar-refractivity contribution is 0.134. The third-order valence-electron chi connectivity index (χ3n) is 2.86. The van der Waals surface area contributed by atoms with Gasteiger partial charge in [-0.3, -0.25) is 4.90 Å². The van der Waals surface area contributed by atoms with E-state index in [4.69, 9.17) is 0 Å². The molecule has 0 unspecified atom stereocenters. The zero-order chi connectivity index (χ0) is 9.41. The van der Waals surface area contributed by atoms with Crippen molar-refractivity contribution in [3.63, 3.8) is 0 Å². The van der Waals surface area contributed by atoms with E-state index in [1.807, 2.05) is 0 Å². The number of nitrogens with one attached hydrogen (secondary N) is 1. The molecule has 1 heterocycles. The predicted molar refractivity (Wildman–Crippen MR) is 53.4 cm³/mol. The Bertz CT molecular complexity index is 161. The van der Waals surface area contributed by atoms with Crippen LogP contribution in [-0.2, 0) is 0 Å². The summed E-state index contributed by atoms with van der Waals surface area (Å²) in [5.74, 6) is 0. The van der Waals surface area contributed by atoms with E-state index in [9.17, 15) is 0 Å². The molecule has 0 radical (unpaired) electrons. The van der Waals surface area contributed by atoms with Crippen molar-refractivity contribution in [2.24, 2.45) is 5.41 Å². The van der Waals surface area contributed by atoms with Crippen molar-refractivity contribution in [1.82, 2.24) is 10.2 Å². The van der Waals surface area contributed by atoms with Crippen LogP contribution in [0.1, 0.15) is 27.7 Å². The summed E-state index contributed by atoms with van der Waals surface area (Å²) >= 11 is 0. The molecule has 12 heavy (non-hydrogen) atoms. The van der Waals surface area contributed by atoms with E-state index >= 15 is 0 Å². The zero-order valence-corrected chi connectivity index (χ0v) is 9.07. The second-order valence-corrected chi connectivity index (χ2v) is 5.44. The predicted octanol–water partition coefficient (Wildman–Crippen LogP) is 1.33. The van der Waals surface area contributed by atoms with Gasteiger partial charge in [-0.05, 0) is 26.3 Å². The molecule has 1 rings (SSSR count). The van der Waals surface area contributed by atoms with Crippen LogP contribution < -0.4 is 5.32 Å². The van der Waals surface area contributed by atoms with Crippen molar-refractivity contribution in [1.29, 1.82) is 0 Å². The molecule has 2 nitrogen and oxygen atoms in total. The molecule has 0 atom stereocenters. The van der Waals surface area contributed by atoms with Gasteiger partial charge < -0.3 is 5.32 Å². The van der Waals surface area contributed by atoms with Gasteiger partial charge in [-0.25, -0.2) is 0 Å². The van der Waals surface area contributed by atoms with Crippen LogP contribution >= 0.6 is 0 Å². The van der Waals surface area contributed by atoms with Crippen molar-refractivity contribution >= 4 is 0 Å². The highest BCUT2D eigenvalue weighted by Crippen LogP contribution is 2.23. The average Bonchev–Trinajstić information content (AvgIpc) is 1.90. The molecular weight excluding hydrogens is 148 g/mol. The van der Waals surface area contributed by atoms with Gasteiger partial charge in [0.05, 0.1) is 0 Å². The van der Waals surface area contributed by atoms with E-state index in [0.29, 0.717) is 11.0 Å². The Balaban J connectivity index is 2.69. The highest BCUT2D eigenvalue weighted by atomic mass is 15.2. The van der Waals surface area contributed by atoms with Gasteiger partial charge in [0.25, 0.3) is 0 Å². The summed E-state index contributed by atoms with van der Waals surface area (Å²) in [6.07, 6.45) is 0. The number of hydrogen-bond acceptors (Lipinski definition) is 2. The normalized spacial score (nSPS) is 29.8. The third kappa shape index (κ3) is 2.20. The topological polar surface area (TPSA) is 15.3 Å². The van der Waals surface area contributed by atoms with Crippen molar-refractivity contribution in [3.05, 3.63) is 0 Å². The third-order valence-corrected chi connectivity index (χ3v) is 2.86. The summed E-state index contributed by atoms with van der Waals surface area (Å²) < 4.78 is 0. The number of hydrogen-bond donors (Lipinski definition) is 1. The minimum Gasteiger partial charge on any atom is -0.314 e.